The Balaban J connectivity index is 1.37. The lowest BCUT2D eigenvalue weighted by Gasteiger charge is -2.39. The van der Waals surface area contributed by atoms with Crippen molar-refractivity contribution in [2.24, 2.45) is 0 Å². The van der Waals surface area contributed by atoms with Crippen LogP contribution >= 0.6 is 0 Å². The van der Waals surface area contributed by atoms with Crippen LogP contribution in [-0.4, -0.2) is 59.8 Å². The second-order valence-corrected chi connectivity index (χ2v) is 8.72. The monoisotopic (exact) mass is 449 g/mol. The Kier molecular flexibility index (Phi) is 6.96. The minimum absolute atomic E-state index is 0.0187. The van der Waals surface area contributed by atoms with Crippen LogP contribution in [0.15, 0.2) is 48.5 Å². The Labute approximate surface area is 194 Å². The van der Waals surface area contributed by atoms with E-state index in [-0.39, 0.29) is 23.8 Å². The van der Waals surface area contributed by atoms with Crippen LogP contribution in [0.1, 0.15) is 47.2 Å². The fraction of sp³-hybridized carbons (Fsp3) is 0.423. The van der Waals surface area contributed by atoms with Gasteiger partial charge in [0.15, 0.2) is 0 Å². The average Bonchev–Trinajstić information content (AvgIpc) is 3.24. The predicted molar refractivity (Wildman–Crippen MR) is 125 cm³/mol. The van der Waals surface area contributed by atoms with Crippen LogP contribution in [0.3, 0.4) is 0 Å². The number of hydrogen-bond acceptors (Lipinski definition) is 4. The van der Waals surface area contributed by atoms with Crippen molar-refractivity contribution in [2.45, 2.75) is 51.2 Å². The van der Waals surface area contributed by atoms with Crippen LogP contribution in [0, 0.1) is 6.92 Å². The van der Waals surface area contributed by atoms with Gasteiger partial charge in [0, 0.05) is 43.2 Å². The number of nitrogens with one attached hydrogen (secondary N) is 1. The molecule has 174 valence electrons. The molecule has 0 saturated carbocycles. The third kappa shape index (κ3) is 4.87. The summed E-state index contributed by atoms with van der Waals surface area (Å²) in [5, 5.41) is 2.99. The van der Waals surface area contributed by atoms with Gasteiger partial charge >= 0.3 is 0 Å². The van der Waals surface area contributed by atoms with Crippen LogP contribution in [0.4, 0.5) is 0 Å². The molecule has 0 aliphatic carbocycles. The van der Waals surface area contributed by atoms with Gasteiger partial charge in [-0.25, -0.2) is 0 Å². The highest BCUT2D eigenvalue weighted by Crippen LogP contribution is 2.29. The highest BCUT2D eigenvalue weighted by molar-refractivity contribution is 5.96. The van der Waals surface area contributed by atoms with Gasteiger partial charge in [-0.05, 0) is 43.9 Å². The summed E-state index contributed by atoms with van der Waals surface area (Å²) >= 11 is 0. The first-order valence-electron chi connectivity index (χ1n) is 11.5. The van der Waals surface area contributed by atoms with Gasteiger partial charge in [0.1, 0.15) is 11.8 Å². The molecule has 1 N–H and O–H groups in total. The molecule has 0 aromatic heterocycles. The molecule has 2 aliphatic heterocycles. The van der Waals surface area contributed by atoms with Crippen molar-refractivity contribution in [3.63, 3.8) is 0 Å². The van der Waals surface area contributed by atoms with Crippen molar-refractivity contribution in [1.29, 1.82) is 0 Å². The van der Waals surface area contributed by atoms with Crippen molar-refractivity contribution >= 4 is 17.7 Å². The van der Waals surface area contributed by atoms with Gasteiger partial charge in [0.05, 0.1) is 7.11 Å². The van der Waals surface area contributed by atoms with E-state index in [0.717, 1.165) is 11.1 Å². The summed E-state index contributed by atoms with van der Waals surface area (Å²) in [6.45, 7) is 3.45. The average molecular weight is 450 g/mol. The van der Waals surface area contributed by atoms with Crippen molar-refractivity contribution in [1.82, 2.24) is 15.1 Å². The minimum atomic E-state index is -0.436. The highest BCUT2D eigenvalue weighted by atomic mass is 16.5. The van der Waals surface area contributed by atoms with Gasteiger partial charge in [0.2, 0.25) is 11.8 Å². The number of benzene rings is 2. The van der Waals surface area contributed by atoms with Crippen molar-refractivity contribution in [2.75, 3.05) is 20.2 Å². The van der Waals surface area contributed by atoms with Gasteiger partial charge in [-0.2, -0.15) is 0 Å². The minimum Gasteiger partial charge on any atom is -0.496 e. The molecule has 1 atom stereocenters. The Morgan fingerprint density at radius 1 is 1.03 bits per heavy atom. The van der Waals surface area contributed by atoms with Gasteiger partial charge in [0.25, 0.3) is 5.91 Å². The molecule has 4 rings (SSSR count). The maximum absolute atomic E-state index is 13.1. The fourth-order valence-corrected chi connectivity index (χ4v) is 4.91. The zero-order valence-electron chi connectivity index (χ0n) is 19.3. The van der Waals surface area contributed by atoms with Gasteiger partial charge < -0.3 is 19.9 Å². The van der Waals surface area contributed by atoms with E-state index in [2.05, 4.69) is 5.32 Å². The molecule has 1 unspecified atom stereocenters. The van der Waals surface area contributed by atoms with E-state index in [1.807, 2.05) is 60.4 Å². The summed E-state index contributed by atoms with van der Waals surface area (Å²) in [7, 11) is 1.60. The fourth-order valence-electron chi connectivity index (χ4n) is 4.91. The standard InChI is InChI=1S/C26H31N3O4/c1-18-21(9-6-10-23(18)33-2)26(32)28-15-13-20(14-16-28)29-22(11-12-24(29)30)25(31)27-17-19-7-4-3-5-8-19/h3-10,20,22H,11-17H2,1-2H3,(H,27,31). The predicted octanol–water partition coefficient (Wildman–Crippen LogP) is 2.92. The Morgan fingerprint density at radius 3 is 2.45 bits per heavy atom. The number of methoxy groups -OCH3 is 1. The summed E-state index contributed by atoms with van der Waals surface area (Å²) in [6.07, 6.45) is 2.28. The van der Waals surface area contributed by atoms with Crippen LogP contribution in [0.2, 0.25) is 0 Å². The Morgan fingerprint density at radius 2 is 1.76 bits per heavy atom. The van der Waals surface area contributed by atoms with Crippen LogP contribution < -0.4 is 10.1 Å². The molecule has 2 heterocycles. The quantitative estimate of drug-likeness (QED) is 0.736. The summed E-state index contributed by atoms with van der Waals surface area (Å²) in [5.41, 5.74) is 2.50. The Bertz CT molecular complexity index is 1020. The number of rotatable bonds is 6. The van der Waals surface area contributed by atoms with E-state index in [4.69, 9.17) is 4.74 Å². The maximum atomic E-state index is 13.1. The van der Waals surface area contributed by atoms with Crippen molar-refractivity contribution in [3.8, 4) is 5.75 Å². The van der Waals surface area contributed by atoms with E-state index < -0.39 is 6.04 Å². The molecule has 0 bridgehead atoms. The zero-order chi connectivity index (χ0) is 23.4. The molecule has 0 spiro atoms. The molecule has 2 aromatic rings. The van der Waals surface area contributed by atoms with Crippen LogP contribution in [-0.2, 0) is 16.1 Å². The first kappa shape index (κ1) is 22.8. The first-order chi connectivity index (χ1) is 16.0. The molecule has 3 amide bonds. The second-order valence-electron chi connectivity index (χ2n) is 8.72. The summed E-state index contributed by atoms with van der Waals surface area (Å²) in [6, 6.07) is 14.8. The third-order valence-corrected chi connectivity index (χ3v) is 6.75. The number of ether oxygens (including phenoxy) is 1. The number of carbonyl (C=O) groups is 3. The molecule has 2 saturated heterocycles. The van der Waals surface area contributed by atoms with Crippen LogP contribution in [0.5, 0.6) is 5.75 Å². The molecule has 2 aromatic carbocycles. The lowest BCUT2D eigenvalue weighted by Crippen LogP contribution is -2.53. The smallest absolute Gasteiger partial charge is 0.254 e. The maximum Gasteiger partial charge on any atom is 0.254 e. The number of nitrogens with zero attached hydrogens (tertiary/aromatic N) is 2. The summed E-state index contributed by atoms with van der Waals surface area (Å²) in [5.74, 6) is 0.607. The number of carbonyl (C=O) groups excluding carboxylic acids is 3. The van der Waals surface area contributed by atoms with E-state index >= 15 is 0 Å². The highest BCUT2D eigenvalue weighted by Gasteiger charge is 2.41. The zero-order valence-corrected chi connectivity index (χ0v) is 19.3. The summed E-state index contributed by atoms with van der Waals surface area (Å²) in [4.78, 5) is 42.3. The van der Waals surface area contributed by atoms with Crippen molar-refractivity contribution < 1.29 is 19.1 Å². The van der Waals surface area contributed by atoms with Gasteiger partial charge in [-0.1, -0.05) is 36.4 Å². The van der Waals surface area contributed by atoms with Gasteiger partial charge in [-0.15, -0.1) is 0 Å². The van der Waals surface area contributed by atoms with Gasteiger partial charge in [-0.3, -0.25) is 14.4 Å². The largest absolute Gasteiger partial charge is 0.496 e. The van der Waals surface area contributed by atoms with Crippen molar-refractivity contribution in [3.05, 3.63) is 65.2 Å². The first-order valence-corrected chi connectivity index (χ1v) is 11.5. The van der Waals surface area contributed by atoms with E-state index in [1.54, 1.807) is 12.0 Å². The molecule has 7 nitrogen and oxygen atoms in total. The normalized spacial score (nSPS) is 19.0. The molecule has 2 aliphatic rings. The molecule has 33 heavy (non-hydrogen) atoms. The number of hydrogen-bond donors (Lipinski definition) is 1. The second kappa shape index (κ2) is 10.1. The molecule has 0 radical (unpaired) electrons. The molecular weight excluding hydrogens is 418 g/mol. The lowest BCUT2D eigenvalue weighted by atomic mass is 9.99. The number of likely N-dealkylation sites (tertiary alicyclic amines) is 2. The SMILES string of the molecule is COc1cccc(C(=O)N2CCC(N3C(=O)CCC3C(=O)NCc3ccccc3)CC2)c1C. The third-order valence-electron chi connectivity index (χ3n) is 6.75. The lowest BCUT2D eigenvalue weighted by molar-refractivity contribution is -0.138. The van der Waals surface area contributed by atoms with E-state index in [9.17, 15) is 14.4 Å². The van der Waals surface area contributed by atoms with E-state index in [1.165, 1.54) is 0 Å². The van der Waals surface area contributed by atoms with Crippen LogP contribution in [0.25, 0.3) is 0 Å². The Hall–Kier alpha value is -3.35. The number of amides is 3. The molecule has 2 fully saturated rings. The van der Waals surface area contributed by atoms with E-state index in [0.29, 0.717) is 56.6 Å². The topological polar surface area (TPSA) is 79.0 Å². The number of piperidine rings is 1. The summed E-state index contributed by atoms with van der Waals surface area (Å²) < 4.78 is 5.35. The molecule has 7 heteroatoms. The molecular formula is C26H31N3O4.